The molecule has 50 heavy (non-hydrogen) atoms. The molecule has 0 saturated heterocycles. The Hall–Kier alpha value is -6.85. The number of aromatic nitrogens is 3. The van der Waals surface area contributed by atoms with E-state index in [0.29, 0.717) is 17.5 Å². The number of furan rings is 2. The molecule has 10 rings (SSSR count). The number of hydrogen-bond acceptors (Lipinski definition) is 5. The molecule has 5 nitrogen and oxygen atoms in total. The van der Waals surface area contributed by atoms with Crippen LogP contribution in [0, 0.1) is 0 Å². The highest BCUT2D eigenvalue weighted by Crippen LogP contribution is 2.42. The summed E-state index contributed by atoms with van der Waals surface area (Å²) in [6.07, 6.45) is 0. The van der Waals surface area contributed by atoms with E-state index in [4.69, 9.17) is 23.8 Å². The summed E-state index contributed by atoms with van der Waals surface area (Å²) in [6, 6.07) is 55.7. The molecule has 0 aliphatic heterocycles. The third kappa shape index (κ3) is 4.67. The van der Waals surface area contributed by atoms with Crippen LogP contribution in [0.15, 0.2) is 173 Å². The van der Waals surface area contributed by atoms with Crippen LogP contribution in [-0.2, 0) is 0 Å². The molecule has 10 aromatic rings. The highest BCUT2D eigenvalue weighted by molar-refractivity contribution is 6.11. The number of rotatable bonds is 5. The van der Waals surface area contributed by atoms with Gasteiger partial charge in [-0.05, 0) is 53.1 Å². The molecule has 0 radical (unpaired) electrons. The van der Waals surface area contributed by atoms with E-state index in [1.54, 1.807) is 0 Å². The van der Waals surface area contributed by atoms with Gasteiger partial charge in [0.2, 0.25) is 0 Å². The maximum atomic E-state index is 6.58. The van der Waals surface area contributed by atoms with Gasteiger partial charge >= 0.3 is 0 Å². The molecule has 0 fully saturated rings. The molecule has 0 bridgehead atoms. The smallest absolute Gasteiger partial charge is 0.164 e. The minimum atomic E-state index is 0.583. The summed E-state index contributed by atoms with van der Waals surface area (Å²) in [5.74, 6) is 1.81. The summed E-state index contributed by atoms with van der Waals surface area (Å²) in [5, 5.41) is 4.35. The fraction of sp³-hybridized carbons (Fsp3) is 0. The van der Waals surface area contributed by atoms with Crippen LogP contribution in [0.2, 0.25) is 0 Å². The Morgan fingerprint density at radius 1 is 0.300 bits per heavy atom. The van der Waals surface area contributed by atoms with Crippen molar-refractivity contribution in [3.8, 4) is 56.4 Å². The molecule has 0 aliphatic rings. The normalized spacial score (nSPS) is 11.6. The average Bonchev–Trinajstić information content (AvgIpc) is 3.76. The van der Waals surface area contributed by atoms with Crippen molar-refractivity contribution in [3.63, 3.8) is 0 Å². The van der Waals surface area contributed by atoms with Crippen LogP contribution in [0.5, 0.6) is 0 Å². The van der Waals surface area contributed by atoms with E-state index in [1.807, 2.05) is 97.1 Å². The van der Waals surface area contributed by atoms with E-state index in [0.717, 1.165) is 82.8 Å². The largest absolute Gasteiger partial charge is 0.456 e. The summed E-state index contributed by atoms with van der Waals surface area (Å²) in [5.41, 5.74) is 10.1. The van der Waals surface area contributed by atoms with Gasteiger partial charge in [-0.15, -0.1) is 0 Å². The zero-order valence-electron chi connectivity index (χ0n) is 26.7. The zero-order chi connectivity index (χ0) is 33.0. The number of para-hydroxylation sites is 3. The van der Waals surface area contributed by atoms with Gasteiger partial charge in [0.05, 0.1) is 0 Å². The van der Waals surface area contributed by atoms with E-state index < -0.39 is 0 Å². The van der Waals surface area contributed by atoms with Crippen molar-refractivity contribution < 1.29 is 8.83 Å². The van der Waals surface area contributed by atoms with Crippen LogP contribution >= 0.6 is 0 Å². The SMILES string of the molecule is c1ccc(-c2nc(-c3ccccc3)nc(-c3ccc(-c4ccc5c(c4)oc4ccccc45)cc3-c3cccc4c3oc3ccccc34)n2)cc1. The van der Waals surface area contributed by atoms with Gasteiger partial charge in [-0.3, -0.25) is 0 Å². The standard InChI is InChI=1S/C45H27N3O2/c1-3-12-28(13-4-1)43-46-44(29-14-5-2-6-15-29)48-45(47-43)37-25-23-30(31-22-24-34-32-16-7-9-20-39(32)49-41(34)27-31)26-38(37)36-19-11-18-35-33-17-8-10-21-40(33)50-42(35)36/h1-27H. The van der Waals surface area contributed by atoms with Crippen LogP contribution < -0.4 is 0 Å². The molecule has 0 unspecified atom stereocenters. The Bertz CT molecular complexity index is 2810. The van der Waals surface area contributed by atoms with Gasteiger partial charge in [0.15, 0.2) is 17.5 Å². The summed E-state index contributed by atoms with van der Waals surface area (Å²) >= 11 is 0. The first-order valence-electron chi connectivity index (χ1n) is 16.6. The average molecular weight is 642 g/mol. The van der Waals surface area contributed by atoms with Crippen molar-refractivity contribution in [2.75, 3.05) is 0 Å². The van der Waals surface area contributed by atoms with Crippen LogP contribution in [0.1, 0.15) is 0 Å². The topological polar surface area (TPSA) is 65.0 Å². The van der Waals surface area contributed by atoms with Crippen molar-refractivity contribution in [3.05, 3.63) is 164 Å². The fourth-order valence-electron chi connectivity index (χ4n) is 6.94. The van der Waals surface area contributed by atoms with E-state index in [1.165, 1.54) is 0 Å². The first-order valence-corrected chi connectivity index (χ1v) is 16.6. The lowest BCUT2D eigenvalue weighted by atomic mass is 9.92. The third-order valence-electron chi connectivity index (χ3n) is 9.37. The highest BCUT2D eigenvalue weighted by atomic mass is 16.3. The Morgan fingerprint density at radius 2 is 0.840 bits per heavy atom. The van der Waals surface area contributed by atoms with Crippen molar-refractivity contribution in [2.45, 2.75) is 0 Å². The van der Waals surface area contributed by atoms with Gasteiger partial charge < -0.3 is 8.83 Å². The van der Waals surface area contributed by atoms with Crippen molar-refractivity contribution in [2.24, 2.45) is 0 Å². The Morgan fingerprint density at radius 3 is 1.56 bits per heavy atom. The molecule has 0 atom stereocenters. The zero-order valence-corrected chi connectivity index (χ0v) is 26.7. The van der Waals surface area contributed by atoms with Gasteiger partial charge in [0, 0.05) is 43.8 Å². The van der Waals surface area contributed by atoms with Gasteiger partial charge in [-0.25, -0.2) is 15.0 Å². The Labute approximate surface area is 287 Å². The second-order valence-corrected chi connectivity index (χ2v) is 12.4. The molecule has 0 spiro atoms. The number of benzene rings is 7. The molecule has 3 aromatic heterocycles. The number of hydrogen-bond donors (Lipinski definition) is 0. The van der Waals surface area contributed by atoms with Gasteiger partial charge in [0.1, 0.15) is 22.3 Å². The van der Waals surface area contributed by atoms with E-state index >= 15 is 0 Å². The van der Waals surface area contributed by atoms with Crippen LogP contribution in [-0.4, -0.2) is 15.0 Å². The Kier molecular flexibility index (Phi) is 6.42. The van der Waals surface area contributed by atoms with Crippen LogP contribution in [0.3, 0.4) is 0 Å². The predicted molar refractivity (Wildman–Crippen MR) is 202 cm³/mol. The molecule has 234 valence electrons. The van der Waals surface area contributed by atoms with Crippen molar-refractivity contribution in [1.29, 1.82) is 0 Å². The second-order valence-electron chi connectivity index (χ2n) is 12.4. The molecule has 0 saturated carbocycles. The summed E-state index contributed by atoms with van der Waals surface area (Å²) in [4.78, 5) is 15.2. The van der Waals surface area contributed by atoms with Gasteiger partial charge in [-0.1, -0.05) is 127 Å². The number of nitrogens with zero attached hydrogens (tertiary/aromatic N) is 3. The van der Waals surface area contributed by atoms with E-state index in [9.17, 15) is 0 Å². The molecule has 0 amide bonds. The molecule has 0 N–H and O–H groups in total. The number of fused-ring (bicyclic) bond motifs is 6. The molecule has 3 heterocycles. The lowest BCUT2D eigenvalue weighted by molar-refractivity contribution is 0.669. The van der Waals surface area contributed by atoms with Gasteiger partial charge in [-0.2, -0.15) is 0 Å². The maximum absolute atomic E-state index is 6.58. The summed E-state index contributed by atoms with van der Waals surface area (Å²) in [7, 11) is 0. The molecule has 5 heteroatoms. The minimum Gasteiger partial charge on any atom is -0.456 e. The van der Waals surface area contributed by atoms with Crippen LogP contribution in [0.25, 0.3) is 100 Å². The first-order chi connectivity index (χ1) is 24.8. The summed E-state index contributed by atoms with van der Waals surface area (Å²) in [6.45, 7) is 0. The predicted octanol–water partition coefficient (Wildman–Crippen LogP) is 12.0. The first kappa shape index (κ1) is 28.2. The molecule has 7 aromatic carbocycles. The van der Waals surface area contributed by atoms with Gasteiger partial charge in [0.25, 0.3) is 0 Å². The molecule has 0 aliphatic carbocycles. The van der Waals surface area contributed by atoms with Crippen molar-refractivity contribution >= 4 is 43.9 Å². The monoisotopic (exact) mass is 641 g/mol. The van der Waals surface area contributed by atoms with Crippen molar-refractivity contribution in [1.82, 2.24) is 15.0 Å². The highest BCUT2D eigenvalue weighted by Gasteiger charge is 2.20. The molecular formula is C45H27N3O2. The fourth-order valence-corrected chi connectivity index (χ4v) is 6.94. The Balaban J connectivity index is 1.23. The lowest BCUT2D eigenvalue weighted by Gasteiger charge is -2.14. The lowest BCUT2D eigenvalue weighted by Crippen LogP contribution is -2.01. The molecular weight excluding hydrogens is 615 g/mol. The van der Waals surface area contributed by atoms with Crippen LogP contribution in [0.4, 0.5) is 0 Å². The van der Waals surface area contributed by atoms with E-state index in [2.05, 4.69) is 66.7 Å². The van der Waals surface area contributed by atoms with E-state index in [-0.39, 0.29) is 0 Å². The second kappa shape index (κ2) is 11.4. The quantitative estimate of drug-likeness (QED) is 0.187. The maximum Gasteiger partial charge on any atom is 0.164 e. The summed E-state index contributed by atoms with van der Waals surface area (Å²) < 4.78 is 12.9. The third-order valence-corrected chi connectivity index (χ3v) is 9.37. The minimum absolute atomic E-state index is 0.583.